The third-order valence-electron chi connectivity index (χ3n) is 3.04. The highest BCUT2D eigenvalue weighted by Gasteiger charge is 2.15. The number of aliphatic carboxylic acids is 1. The van der Waals surface area contributed by atoms with Crippen molar-refractivity contribution in [3.05, 3.63) is 0 Å². The second kappa shape index (κ2) is 11.0. The van der Waals surface area contributed by atoms with Crippen molar-refractivity contribution < 1.29 is 24.8 Å². The first-order valence-electron chi connectivity index (χ1n) is 6.68. The lowest BCUT2D eigenvalue weighted by molar-refractivity contribution is -0.234. The summed E-state index contributed by atoms with van der Waals surface area (Å²) >= 11 is 0. The van der Waals surface area contributed by atoms with Crippen LogP contribution in [0.25, 0.3) is 0 Å². The smallest absolute Gasteiger partial charge is 0.342 e. The average molecular weight is 260 g/mol. The van der Waals surface area contributed by atoms with E-state index < -0.39 is 11.9 Å². The molecular formula is C13H24O5. The van der Waals surface area contributed by atoms with Gasteiger partial charge in [-0.05, 0) is 19.3 Å². The first kappa shape index (κ1) is 16.9. The molecule has 5 nitrogen and oxygen atoms in total. The fraction of sp³-hybridized carbons (Fsp3) is 0.846. The van der Waals surface area contributed by atoms with Gasteiger partial charge in [0, 0.05) is 6.42 Å². The van der Waals surface area contributed by atoms with E-state index in [0.717, 1.165) is 38.5 Å². The number of hydrogen-bond donors (Lipinski definition) is 2. The zero-order valence-electron chi connectivity index (χ0n) is 11.1. The summed E-state index contributed by atoms with van der Waals surface area (Å²) in [5, 5.41) is 17.1. The maximum absolute atomic E-state index is 11.0. The molecule has 1 atom stereocenters. The predicted molar refractivity (Wildman–Crippen MR) is 67.1 cm³/mol. The Labute approximate surface area is 108 Å². The van der Waals surface area contributed by atoms with Gasteiger partial charge < -0.3 is 9.99 Å². The quantitative estimate of drug-likeness (QED) is 0.338. The Hall–Kier alpha value is -1.10. The molecule has 0 heterocycles. The first-order chi connectivity index (χ1) is 8.61. The molecule has 0 amide bonds. The van der Waals surface area contributed by atoms with Crippen molar-refractivity contribution in [3.63, 3.8) is 0 Å². The van der Waals surface area contributed by atoms with Crippen molar-refractivity contribution >= 4 is 11.9 Å². The van der Waals surface area contributed by atoms with E-state index in [1.54, 1.807) is 0 Å². The van der Waals surface area contributed by atoms with E-state index >= 15 is 0 Å². The average Bonchev–Trinajstić information content (AvgIpc) is 2.36. The van der Waals surface area contributed by atoms with Crippen LogP contribution in [0.3, 0.4) is 0 Å². The highest BCUT2D eigenvalue weighted by molar-refractivity contribution is 5.69. The summed E-state index contributed by atoms with van der Waals surface area (Å²) in [4.78, 5) is 25.1. The standard InChI is InChI=1S/C13H24O5/c1-2-3-8-11(13(15)16)9-6-4-5-7-10-12(14)18-17/h11,17H,2-10H2,1H3,(H,15,16). The molecule has 0 saturated carbocycles. The molecule has 0 aliphatic heterocycles. The molecule has 0 aromatic heterocycles. The molecule has 106 valence electrons. The minimum absolute atomic E-state index is 0.217. The van der Waals surface area contributed by atoms with Crippen LogP contribution in [0.15, 0.2) is 0 Å². The van der Waals surface area contributed by atoms with Crippen molar-refractivity contribution in [1.29, 1.82) is 0 Å². The van der Waals surface area contributed by atoms with Crippen molar-refractivity contribution in [3.8, 4) is 0 Å². The Balaban J connectivity index is 3.55. The van der Waals surface area contributed by atoms with E-state index in [1.165, 1.54) is 0 Å². The fourth-order valence-electron chi connectivity index (χ4n) is 1.90. The van der Waals surface area contributed by atoms with Gasteiger partial charge in [-0.15, -0.1) is 0 Å². The van der Waals surface area contributed by atoms with Gasteiger partial charge in [0.1, 0.15) is 0 Å². The number of rotatable bonds is 11. The minimum Gasteiger partial charge on any atom is -0.481 e. The first-order valence-corrected chi connectivity index (χ1v) is 6.68. The Morgan fingerprint density at radius 3 is 2.22 bits per heavy atom. The summed E-state index contributed by atoms with van der Waals surface area (Å²) in [5.74, 6) is -1.54. The van der Waals surface area contributed by atoms with Crippen LogP contribution < -0.4 is 0 Å². The molecule has 2 N–H and O–H groups in total. The molecule has 18 heavy (non-hydrogen) atoms. The van der Waals surface area contributed by atoms with Gasteiger partial charge in [-0.2, -0.15) is 5.26 Å². The highest BCUT2D eigenvalue weighted by Crippen LogP contribution is 2.17. The van der Waals surface area contributed by atoms with Gasteiger partial charge in [-0.1, -0.05) is 39.0 Å². The topological polar surface area (TPSA) is 83.8 Å². The second-order valence-electron chi connectivity index (χ2n) is 4.59. The monoisotopic (exact) mass is 260 g/mol. The molecule has 0 bridgehead atoms. The Morgan fingerprint density at radius 1 is 1.06 bits per heavy atom. The number of unbranched alkanes of at least 4 members (excludes halogenated alkanes) is 4. The van der Waals surface area contributed by atoms with Crippen LogP contribution in [0.4, 0.5) is 0 Å². The molecule has 0 aliphatic rings. The lowest BCUT2D eigenvalue weighted by Crippen LogP contribution is -2.13. The van der Waals surface area contributed by atoms with E-state index in [-0.39, 0.29) is 12.3 Å². The van der Waals surface area contributed by atoms with Gasteiger partial charge in [0.15, 0.2) is 0 Å². The van der Waals surface area contributed by atoms with Crippen molar-refractivity contribution in [1.82, 2.24) is 0 Å². The molecule has 0 aromatic carbocycles. The third kappa shape index (κ3) is 8.98. The molecule has 5 heteroatoms. The van der Waals surface area contributed by atoms with E-state index in [4.69, 9.17) is 10.4 Å². The van der Waals surface area contributed by atoms with Gasteiger partial charge in [0.25, 0.3) is 0 Å². The molecule has 0 aromatic rings. The van der Waals surface area contributed by atoms with Gasteiger partial charge in [0.05, 0.1) is 5.92 Å². The molecular weight excluding hydrogens is 236 g/mol. The molecule has 0 aliphatic carbocycles. The molecule has 0 rings (SSSR count). The van der Waals surface area contributed by atoms with Crippen molar-refractivity contribution in [2.75, 3.05) is 0 Å². The summed E-state index contributed by atoms with van der Waals surface area (Å²) in [6, 6.07) is 0. The van der Waals surface area contributed by atoms with E-state index in [1.807, 2.05) is 0 Å². The summed E-state index contributed by atoms with van der Waals surface area (Å²) in [7, 11) is 0. The SMILES string of the molecule is CCCCC(CCCCCCC(=O)OO)C(=O)O. The normalized spacial score (nSPS) is 12.1. The number of hydrogen-bond acceptors (Lipinski definition) is 4. The summed E-state index contributed by atoms with van der Waals surface area (Å²) in [5.41, 5.74) is 0. The molecule has 0 fully saturated rings. The molecule has 0 saturated heterocycles. The zero-order valence-corrected chi connectivity index (χ0v) is 11.1. The van der Waals surface area contributed by atoms with Gasteiger partial charge in [-0.25, -0.2) is 4.79 Å². The van der Waals surface area contributed by atoms with E-state index in [9.17, 15) is 9.59 Å². The molecule has 0 radical (unpaired) electrons. The second-order valence-corrected chi connectivity index (χ2v) is 4.59. The Morgan fingerprint density at radius 2 is 1.67 bits per heavy atom. The maximum Gasteiger partial charge on any atom is 0.342 e. The number of carboxylic acid groups (broad SMARTS) is 1. The van der Waals surface area contributed by atoms with Crippen LogP contribution >= 0.6 is 0 Å². The van der Waals surface area contributed by atoms with Crippen molar-refractivity contribution in [2.45, 2.75) is 64.7 Å². The fourth-order valence-corrected chi connectivity index (χ4v) is 1.90. The van der Waals surface area contributed by atoms with E-state index in [2.05, 4.69) is 11.8 Å². The zero-order chi connectivity index (χ0) is 13.8. The minimum atomic E-state index is -0.702. The van der Waals surface area contributed by atoms with Gasteiger partial charge in [0.2, 0.25) is 0 Å². The van der Waals surface area contributed by atoms with Crippen LogP contribution in [0.1, 0.15) is 64.7 Å². The number of carboxylic acids is 1. The maximum atomic E-state index is 11.0. The summed E-state index contributed by atoms with van der Waals surface area (Å²) in [6.07, 6.45) is 6.97. The van der Waals surface area contributed by atoms with Crippen LogP contribution in [0.2, 0.25) is 0 Å². The van der Waals surface area contributed by atoms with Crippen LogP contribution in [0.5, 0.6) is 0 Å². The molecule has 0 spiro atoms. The van der Waals surface area contributed by atoms with E-state index in [0.29, 0.717) is 12.8 Å². The lowest BCUT2D eigenvalue weighted by Gasteiger charge is -2.11. The number of carbonyl (C=O) groups excluding carboxylic acids is 1. The highest BCUT2D eigenvalue weighted by atomic mass is 17.1. The van der Waals surface area contributed by atoms with Crippen LogP contribution in [0, 0.1) is 5.92 Å². The third-order valence-corrected chi connectivity index (χ3v) is 3.04. The Kier molecular flexibility index (Phi) is 10.3. The number of carbonyl (C=O) groups is 2. The molecule has 1 unspecified atom stereocenters. The van der Waals surface area contributed by atoms with Crippen LogP contribution in [-0.2, 0) is 14.5 Å². The largest absolute Gasteiger partial charge is 0.481 e. The Bertz CT molecular complexity index is 240. The van der Waals surface area contributed by atoms with Crippen molar-refractivity contribution in [2.24, 2.45) is 5.92 Å². The van der Waals surface area contributed by atoms with Crippen LogP contribution in [-0.4, -0.2) is 22.3 Å². The summed E-state index contributed by atoms with van der Waals surface area (Å²) < 4.78 is 0. The summed E-state index contributed by atoms with van der Waals surface area (Å²) in [6.45, 7) is 2.05. The lowest BCUT2D eigenvalue weighted by atomic mass is 9.95. The van der Waals surface area contributed by atoms with Gasteiger partial charge >= 0.3 is 11.9 Å². The predicted octanol–water partition coefficient (Wildman–Crippen LogP) is 3.23. The van der Waals surface area contributed by atoms with Gasteiger partial charge in [-0.3, -0.25) is 4.79 Å².